The third-order valence-electron chi connectivity index (χ3n) is 6.22. The molecule has 0 aromatic heterocycles. The summed E-state index contributed by atoms with van der Waals surface area (Å²) in [6, 6.07) is 22.1. The number of hydrogen-bond acceptors (Lipinski definition) is 5. The van der Waals surface area contributed by atoms with E-state index in [4.69, 9.17) is 14.2 Å². The molecule has 2 amide bonds. The number of methoxy groups -OCH3 is 2. The highest BCUT2D eigenvalue weighted by Crippen LogP contribution is 2.27. The van der Waals surface area contributed by atoms with E-state index in [0.29, 0.717) is 30.2 Å². The summed E-state index contributed by atoms with van der Waals surface area (Å²) in [6.45, 7) is 4.69. The van der Waals surface area contributed by atoms with E-state index in [0.717, 1.165) is 29.5 Å². The number of carbonyl (C=O) groups excluding carboxylic acids is 2. The molecule has 3 aromatic rings. The highest BCUT2D eigenvalue weighted by Gasteiger charge is 2.30. The molecule has 0 fully saturated rings. The van der Waals surface area contributed by atoms with Crippen molar-refractivity contribution >= 4 is 11.8 Å². The van der Waals surface area contributed by atoms with Gasteiger partial charge in [-0.15, -0.1) is 0 Å². The van der Waals surface area contributed by atoms with Crippen molar-refractivity contribution in [3.8, 4) is 17.2 Å². The molecule has 1 N–H and O–H groups in total. The Morgan fingerprint density at radius 1 is 0.868 bits per heavy atom. The second-order valence-corrected chi connectivity index (χ2v) is 9.20. The van der Waals surface area contributed by atoms with Crippen molar-refractivity contribution in [2.24, 2.45) is 0 Å². The summed E-state index contributed by atoms with van der Waals surface area (Å²) in [5.41, 5.74) is 3.01. The molecule has 0 saturated carbocycles. The van der Waals surface area contributed by atoms with E-state index in [2.05, 4.69) is 12.2 Å². The number of nitrogens with zero attached hydrogens (tertiary/aromatic N) is 1. The first-order valence-electron chi connectivity index (χ1n) is 13.0. The van der Waals surface area contributed by atoms with Gasteiger partial charge in [0, 0.05) is 37.7 Å². The Bertz CT molecular complexity index is 1160. The van der Waals surface area contributed by atoms with Crippen LogP contribution in [0.5, 0.6) is 17.2 Å². The molecule has 0 aliphatic carbocycles. The van der Waals surface area contributed by atoms with Gasteiger partial charge in [-0.05, 0) is 24.5 Å². The van der Waals surface area contributed by atoms with Crippen LogP contribution in [-0.2, 0) is 22.6 Å². The van der Waals surface area contributed by atoms with Crippen molar-refractivity contribution < 1.29 is 23.8 Å². The lowest BCUT2D eigenvalue weighted by Crippen LogP contribution is -2.51. The maximum atomic E-state index is 13.7. The minimum atomic E-state index is -0.703. The van der Waals surface area contributed by atoms with E-state index in [1.165, 1.54) is 0 Å². The molecule has 7 heteroatoms. The fraction of sp³-hybridized carbons (Fsp3) is 0.355. The van der Waals surface area contributed by atoms with E-state index in [9.17, 15) is 9.59 Å². The van der Waals surface area contributed by atoms with Crippen LogP contribution in [0, 0.1) is 6.92 Å². The molecule has 0 aliphatic heterocycles. The Morgan fingerprint density at radius 3 is 2.16 bits per heavy atom. The van der Waals surface area contributed by atoms with Crippen molar-refractivity contribution in [2.45, 2.75) is 45.7 Å². The third kappa shape index (κ3) is 8.54. The maximum absolute atomic E-state index is 13.7. The Balaban J connectivity index is 1.90. The van der Waals surface area contributed by atoms with Gasteiger partial charge in [-0.2, -0.15) is 0 Å². The SMILES string of the molecule is CCCCNC(=O)C(Cc1ccccc1)N(Cc1cccc(C)c1)C(=O)COc1cc(OC)cc(OC)c1. The van der Waals surface area contributed by atoms with E-state index in [-0.39, 0.29) is 25.0 Å². The monoisotopic (exact) mass is 518 g/mol. The van der Waals surface area contributed by atoms with Crippen molar-refractivity contribution in [3.05, 3.63) is 89.5 Å². The van der Waals surface area contributed by atoms with Crippen LogP contribution in [0.4, 0.5) is 0 Å². The van der Waals surface area contributed by atoms with Crippen LogP contribution in [0.2, 0.25) is 0 Å². The summed E-state index contributed by atoms with van der Waals surface area (Å²) in [6.07, 6.45) is 2.23. The fourth-order valence-corrected chi connectivity index (χ4v) is 4.16. The minimum Gasteiger partial charge on any atom is -0.496 e. The minimum absolute atomic E-state index is 0.175. The quantitative estimate of drug-likeness (QED) is 0.306. The first-order valence-corrected chi connectivity index (χ1v) is 13.0. The maximum Gasteiger partial charge on any atom is 0.261 e. The Labute approximate surface area is 225 Å². The van der Waals surface area contributed by atoms with E-state index >= 15 is 0 Å². The Kier molecular flexibility index (Phi) is 11.0. The number of benzene rings is 3. The standard InChI is InChI=1S/C31H38N2O5/c1-5-6-15-32-31(35)29(17-24-12-8-7-9-13-24)33(21-25-14-10-11-23(2)16-25)30(34)22-38-28-19-26(36-3)18-27(20-28)37-4/h7-14,16,18-20,29H,5-6,15,17,21-22H2,1-4H3,(H,32,35). The lowest BCUT2D eigenvalue weighted by atomic mass is 10.0. The Morgan fingerprint density at radius 2 is 1.53 bits per heavy atom. The smallest absolute Gasteiger partial charge is 0.261 e. The zero-order valence-corrected chi connectivity index (χ0v) is 22.7. The van der Waals surface area contributed by atoms with Gasteiger partial charge in [-0.25, -0.2) is 0 Å². The second kappa shape index (κ2) is 14.7. The van der Waals surface area contributed by atoms with Gasteiger partial charge in [-0.1, -0.05) is 73.5 Å². The average Bonchev–Trinajstić information content (AvgIpc) is 2.94. The molecule has 1 unspecified atom stereocenters. The van der Waals surface area contributed by atoms with Crippen LogP contribution in [0.1, 0.15) is 36.5 Å². The molecule has 0 saturated heterocycles. The molecule has 3 aromatic carbocycles. The molecule has 0 aliphatic rings. The first-order chi connectivity index (χ1) is 18.4. The van der Waals surface area contributed by atoms with Crippen LogP contribution in [-0.4, -0.2) is 50.1 Å². The normalized spacial score (nSPS) is 11.4. The molecule has 0 spiro atoms. The molecule has 202 valence electrons. The zero-order chi connectivity index (χ0) is 27.3. The van der Waals surface area contributed by atoms with Gasteiger partial charge in [-0.3, -0.25) is 9.59 Å². The van der Waals surface area contributed by atoms with Gasteiger partial charge in [0.25, 0.3) is 5.91 Å². The van der Waals surface area contributed by atoms with Gasteiger partial charge in [0.2, 0.25) is 5.91 Å². The summed E-state index contributed by atoms with van der Waals surface area (Å²) in [5.74, 6) is 1.09. The summed E-state index contributed by atoms with van der Waals surface area (Å²) < 4.78 is 16.5. The second-order valence-electron chi connectivity index (χ2n) is 9.20. The molecule has 3 rings (SSSR count). The molecule has 0 heterocycles. The molecular weight excluding hydrogens is 480 g/mol. The van der Waals surface area contributed by atoms with Crippen molar-refractivity contribution in [1.82, 2.24) is 10.2 Å². The number of nitrogens with one attached hydrogen (secondary N) is 1. The van der Waals surface area contributed by atoms with Crippen LogP contribution in [0.25, 0.3) is 0 Å². The molecular formula is C31H38N2O5. The lowest BCUT2D eigenvalue weighted by Gasteiger charge is -2.31. The number of rotatable bonds is 14. The molecule has 7 nitrogen and oxygen atoms in total. The number of carbonyl (C=O) groups is 2. The lowest BCUT2D eigenvalue weighted by molar-refractivity contribution is -0.142. The van der Waals surface area contributed by atoms with Gasteiger partial charge in [0.05, 0.1) is 14.2 Å². The molecule has 0 radical (unpaired) electrons. The van der Waals surface area contributed by atoms with Crippen LogP contribution in [0.3, 0.4) is 0 Å². The van der Waals surface area contributed by atoms with Crippen molar-refractivity contribution in [3.63, 3.8) is 0 Å². The number of hydrogen-bond donors (Lipinski definition) is 1. The predicted octanol–water partition coefficient (Wildman–Crippen LogP) is 4.95. The molecule has 1 atom stereocenters. The summed E-state index contributed by atoms with van der Waals surface area (Å²) in [7, 11) is 3.11. The van der Waals surface area contributed by atoms with Crippen molar-refractivity contribution in [1.29, 1.82) is 0 Å². The largest absolute Gasteiger partial charge is 0.496 e. The summed E-state index contributed by atoms with van der Waals surface area (Å²) in [4.78, 5) is 28.9. The zero-order valence-electron chi connectivity index (χ0n) is 22.7. The van der Waals surface area contributed by atoms with Gasteiger partial charge in [0.1, 0.15) is 23.3 Å². The van der Waals surface area contributed by atoms with E-state index in [1.807, 2.05) is 61.5 Å². The highest BCUT2D eigenvalue weighted by molar-refractivity contribution is 5.88. The summed E-state index contributed by atoms with van der Waals surface area (Å²) >= 11 is 0. The molecule has 38 heavy (non-hydrogen) atoms. The number of aryl methyl sites for hydroxylation is 1. The number of ether oxygens (including phenoxy) is 3. The first kappa shape index (κ1) is 28.6. The molecule has 0 bridgehead atoms. The van der Waals surface area contributed by atoms with Crippen molar-refractivity contribution in [2.75, 3.05) is 27.4 Å². The predicted molar refractivity (Wildman–Crippen MR) is 149 cm³/mol. The number of amides is 2. The highest BCUT2D eigenvalue weighted by atomic mass is 16.5. The van der Waals surface area contributed by atoms with Gasteiger partial charge in [0.15, 0.2) is 6.61 Å². The Hall–Kier alpha value is -4.00. The summed E-state index contributed by atoms with van der Waals surface area (Å²) in [5, 5.41) is 3.03. The van der Waals surface area contributed by atoms with Gasteiger partial charge >= 0.3 is 0 Å². The van der Waals surface area contributed by atoms with E-state index in [1.54, 1.807) is 37.3 Å². The topological polar surface area (TPSA) is 77.1 Å². The van der Waals surface area contributed by atoms with Crippen LogP contribution >= 0.6 is 0 Å². The number of unbranched alkanes of at least 4 members (excludes halogenated alkanes) is 1. The van der Waals surface area contributed by atoms with Crippen LogP contribution in [0.15, 0.2) is 72.8 Å². The third-order valence-corrected chi connectivity index (χ3v) is 6.22. The van der Waals surface area contributed by atoms with E-state index < -0.39 is 6.04 Å². The van der Waals surface area contributed by atoms with Crippen LogP contribution < -0.4 is 19.5 Å². The van der Waals surface area contributed by atoms with Gasteiger partial charge < -0.3 is 24.4 Å². The fourth-order valence-electron chi connectivity index (χ4n) is 4.16. The average molecular weight is 519 g/mol.